The molecule has 2 rings (SSSR count). The third kappa shape index (κ3) is 3.71. The van der Waals surface area contributed by atoms with Crippen molar-refractivity contribution in [2.24, 2.45) is 11.3 Å². The van der Waals surface area contributed by atoms with Gasteiger partial charge in [0, 0.05) is 19.6 Å². The van der Waals surface area contributed by atoms with E-state index < -0.39 is 0 Å². The van der Waals surface area contributed by atoms with Crippen LogP contribution >= 0.6 is 0 Å². The molecule has 1 aliphatic heterocycles. The Hall–Kier alpha value is -0.0800. The highest BCUT2D eigenvalue weighted by Crippen LogP contribution is 2.36. The maximum atomic E-state index is 3.68. The molecule has 0 atom stereocenters. The van der Waals surface area contributed by atoms with Gasteiger partial charge in [-0.15, -0.1) is 0 Å². The highest BCUT2D eigenvalue weighted by atomic mass is 15.2. The van der Waals surface area contributed by atoms with Gasteiger partial charge in [0.05, 0.1) is 0 Å². The van der Waals surface area contributed by atoms with Crippen LogP contribution in [0.25, 0.3) is 0 Å². The number of hydrogen-bond donors (Lipinski definition) is 1. The van der Waals surface area contributed by atoms with Crippen molar-refractivity contribution in [1.82, 2.24) is 10.2 Å². The molecule has 2 heteroatoms. The molecule has 2 fully saturated rings. The smallest absolute Gasteiger partial charge is 0.0107 e. The summed E-state index contributed by atoms with van der Waals surface area (Å²) in [7, 11) is 0. The largest absolute Gasteiger partial charge is 0.315 e. The molecule has 0 radical (unpaired) electrons. The van der Waals surface area contributed by atoms with Crippen LogP contribution in [0.15, 0.2) is 0 Å². The minimum atomic E-state index is 0.644. The highest BCUT2D eigenvalue weighted by molar-refractivity contribution is 4.88. The van der Waals surface area contributed by atoms with Crippen molar-refractivity contribution < 1.29 is 0 Å². The average molecular weight is 252 g/mol. The number of hydrogen-bond acceptors (Lipinski definition) is 2. The summed E-state index contributed by atoms with van der Waals surface area (Å²) in [5.41, 5.74) is 0.644. The molecule has 2 aliphatic rings. The topological polar surface area (TPSA) is 15.3 Å². The van der Waals surface area contributed by atoms with Crippen molar-refractivity contribution in [3.63, 3.8) is 0 Å². The van der Waals surface area contributed by atoms with Gasteiger partial charge in [-0.05, 0) is 56.5 Å². The van der Waals surface area contributed by atoms with Crippen molar-refractivity contribution >= 4 is 0 Å². The van der Waals surface area contributed by atoms with Gasteiger partial charge in [0.15, 0.2) is 0 Å². The van der Waals surface area contributed by atoms with Crippen LogP contribution in [0.2, 0.25) is 0 Å². The second-order valence-corrected chi connectivity index (χ2v) is 6.59. The molecule has 0 bridgehead atoms. The first-order valence-corrected chi connectivity index (χ1v) is 8.21. The Kier molecular flexibility index (Phi) is 5.50. The SMILES string of the molecule is CCC1(CC)CCN(CCNCC2CCCC2)C1. The van der Waals surface area contributed by atoms with Gasteiger partial charge in [0.1, 0.15) is 0 Å². The molecule has 1 saturated carbocycles. The van der Waals surface area contributed by atoms with Gasteiger partial charge in [0.2, 0.25) is 0 Å². The Morgan fingerprint density at radius 3 is 2.50 bits per heavy atom. The quantitative estimate of drug-likeness (QED) is 0.700. The van der Waals surface area contributed by atoms with Crippen LogP contribution in [0.3, 0.4) is 0 Å². The Morgan fingerprint density at radius 2 is 1.89 bits per heavy atom. The summed E-state index contributed by atoms with van der Waals surface area (Å²) >= 11 is 0. The molecule has 18 heavy (non-hydrogen) atoms. The summed E-state index contributed by atoms with van der Waals surface area (Å²) in [6.07, 6.45) is 9.99. The number of nitrogens with one attached hydrogen (secondary N) is 1. The van der Waals surface area contributed by atoms with Crippen LogP contribution in [0, 0.1) is 11.3 Å². The molecule has 1 heterocycles. The van der Waals surface area contributed by atoms with Gasteiger partial charge in [-0.3, -0.25) is 0 Å². The van der Waals surface area contributed by atoms with E-state index in [9.17, 15) is 0 Å². The third-order valence-corrected chi connectivity index (χ3v) is 5.53. The Morgan fingerprint density at radius 1 is 1.17 bits per heavy atom. The number of likely N-dealkylation sites (tertiary alicyclic amines) is 1. The predicted octanol–water partition coefficient (Wildman–Crippen LogP) is 3.28. The molecule has 0 aromatic carbocycles. The van der Waals surface area contributed by atoms with E-state index in [-0.39, 0.29) is 0 Å². The molecule has 0 amide bonds. The molecular formula is C16H32N2. The van der Waals surface area contributed by atoms with E-state index in [0.29, 0.717) is 5.41 Å². The molecule has 1 N–H and O–H groups in total. The number of nitrogens with zero attached hydrogens (tertiary/aromatic N) is 1. The lowest BCUT2D eigenvalue weighted by atomic mass is 9.82. The molecule has 0 spiro atoms. The summed E-state index contributed by atoms with van der Waals surface area (Å²) in [6, 6.07) is 0. The molecule has 0 aromatic rings. The van der Waals surface area contributed by atoms with E-state index >= 15 is 0 Å². The van der Waals surface area contributed by atoms with Crippen LogP contribution in [0.5, 0.6) is 0 Å². The van der Waals surface area contributed by atoms with Crippen LogP contribution in [-0.2, 0) is 0 Å². The predicted molar refractivity (Wildman–Crippen MR) is 78.9 cm³/mol. The molecule has 0 aromatic heterocycles. The first-order chi connectivity index (χ1) is 8.78. The molecule has 1 saturated heterocycles. The van der Waals surface area contributed by atoms with Gasteiger partial charge in [-0.1, -0.05) is 26.7 Å². The van der Waals surface area contributed by atoms with Crippen molar-refractivity contribution in [3.05, 3.63) is 0 Å². The fraction of sp³-hybridized carbons (Fsp3) is 1.00. The van der Waals surface area contributed by atoms with E-state index in [1.54, 1.807) is 0 Å². The number of rotatable bonds is 7. The second-order valence-electron chi connectivity index (χ2n) is 6.59. The lowest BCUT2D eigenvalue weighted by Gasteiger charge is -2.26. The molecule has 1 aliphatic carbocycles. The Bertz CT molecular complexity index is 229. The summed E-state index contributed by atoms with van der Waals surface area (Å²) < 4.78 is 0. The molecular weight excluding hydrogens is 220 g/mol. The van der Waals surface area contributed by atoms with Gasteiger partial charge >= 0.3 is 0 Å². The van der Waals surface area contributed by atoms with Crippen molar-refractivity contribution in [1.29, 1.82) is 0 Å². The van der Waals surface area contributed by atoms with Gasteiger partial charge in [-0.25, -0.2) is 0 Å². The van der Waals surface area contributed by atoms with Crippen LogP contribution in [-0.4, -0.2) is 37.6 Å². The van der Waals surface area contributed by atoms with Crippen molar-refractivity contribution in [2.75, 3.05) is 32.7 Å². The van der Waals surface area contributed by atoms with Crippen LogP contribution < -0.4 is 5.32 Å². The first kappa shape index (κ1) is 14.3. The summed E-state index contributed by atoms with van der Waals surface area (Å²) in [5, 5.41) is 3.68. The minimum absolute atomic E-state index is 0.644. The molecule has 0 unspecified atom stereocenters. The first-order valence-electron chi connectivity index (χ1n) is 8.21. The van der Waals surface area contributed by atoms with Gasteiger partial charge < -0.3 is 10.2 Å². The van der Waals surface area contributed by atoms with E-state index in [0.717, 1.165) is 5.92 Å². The molecule has 106 valence electrons. The second kappa shape index (κ2) is 6.91. The van der Waals surface area contributed by atoms with Gasteiger partial charge in [0.25, 0.3) is 0 Å². The van der Waals surface area contributed by atoms with E-state index in [2.05, 4.69) is 24.1 Å². The normalized spacial score (nSPS) is 25.0. The zero-order valence-electron chi connectivity index (χ0n) is 12.5. The summed E-state index contributed by atoms with van der Waals surface area (Å²) in [5.74, 6) is 0.981. The lowest BCUT2D eigenvalue weighted by Crippen LogP contribution is -2.34. The minimum Gasteiger partial charge on any atom is -0.315 e. The van der Waals surface area contributed by atoms with Crippen LogP contribution in [0.4, 0.5) is 0 Å². The maximum Gasteiger partial charge on any atom is 0.0107 e. The summed E-state index contributed by atoms with van der Waals surface area (Å²) in [6.45, 7) is 11.1. The summed E-state index contributed by atoms with van der Waals surface area (Å²) in [4.78, 5) is 2.68. The maximum absolute atomic E-state index is 3.68. The van der Waals surface area contributed by atoms with E-state index in [4.69, 9.17) is 0 Å². The fourth-order valence-electron chi connectivity index (χ4n) is 3.80. The van der Waals surface area contributed by atoms with Crippen LogP contribution in [0.1, 0.15) is 58.8 Å². The Balaban J connectivity index is 1.57. The third-order valence-electron chi connectivity index (χ3n) is 5.53. The standard InChI is InChI=1S/C16H32N2/c1-3-16(4-2)9-11-18(14-16)12-10-17-13-15-7-5-6-8-15/h15,17H,3-14H2,1-2H3. The average Bonchev–Trinajstić information content (AvgIpc) is 3.05. The monoisotopic (exact) mass is 252 g/mol. The van der Waals surface area contributed by atoms with Crippen molar-refractivity contribution in [2.45, 2.75) is 58.8 Å². The van der Waals surface area contributed by atoms with E-state index in [1.165, 1.54) is 77.7 Å². The van der Waals surface area contributed by atoms with Crippen molar-refractivity contribution in [3.8, 4) is 0 Å². The lowest BCUT2D eigenvalue weighted by molar-refractivity contribution is 0.239. The van der Waals surface area contributed by atoms with Gasteiger partial charge in [-0.2, -0.15) is 0 Å². The molecule has 2 nitrogen and oxygen atoms in total. The Labute approximate surface area is 114 Å². The zero-order valence-corrected chi connectivity index (χ0v) is 12.5. The highest BCUT2D eigenvalue weighted by Gasteiger charge is 2.34. The zero-order chi connectivity index (χ0) is 12.8. The van der Waals surface area contributed by atoms with E-state index in [1.807, 2.05) is 0 Å². The fourth-order valence-corrected chi connectivity index (χ4v) is 3.80.